The Bertz CT molecular complexity index is 755. The highest BCUT2D eigenvalue weighted by Gasteiger charge is 2.26. The average molecular weight is 372 g/mol. The molecule has 26 heavy (non-hydrogen) atoms. The minimum Gasteiger partial charge on any atom is -0.488 e. The highest BCUT2D eigenvalue weighted by molar-refractivity contribution is 7.12. The molecule has 6 heteroatoms. The molecule has 0 spiro atoms. The van der Waals surface area contributed by atoms with E-state index in [0.29, 0.717) is 31.7 Å². The first-order valence-electron chi connectivity index (χ1n) is 8.75. The van der Waals surface area contributed by atoms with E-state index in [1.807, 2.05) is 55.3 Å². The van der Waals surface area contributed by atoms with Crippen LogP contribution in [0.2, 0.25) is 0 Å². The van der Waals surface area contributed by atoms with Crippen molar-refractivity contribution in [3.05, 3.63) is 52.2 Å². The molecule has 1 aliphatic rings. The van der Waals surface area contributed by atoms with Gasteiger partial charge in [-0.3, -0.25) is 9.59 Å². The molecular formula is C20H24N2O3S. The van der Waals surface area contributed by atoms with E-state index in [2.05, 4.69) is 0 Å². The lowest BCUT2D eigenvalue weighted by Gasteiger charge is -2.34. The first-order chi connectivity index (χ1) is 12.3. The quantitative estimate of drug-likeness (QED) is 0.828. The van der Waals surface area contributed by atoms with E-state index in [9.17, 15) is 9.59 Å². The number of carbonyl (C=O) groups excluding carboxylic acids is 2. The van der Waals surface area contributed by atoms with Gasteiger partial charge in [-0.2, -0.15) is 0 Å². The van der Waals surface area contributed by atoms with Gasteiger partial charge in [0, 0.05) is 31.7 Å². The molecular weight excluding hydrogens is 348 g/mol. The topological polar surface area (TPSA) is 49.9 Å². The molecule has 0 saturated carbocycles. The monoisotopic (exact) mass is 372 g/mol. The Morgan fingerprint density at radius 1 is 0.923 bits per heavy atom. The van der Waals surface area contributed by atoms with Gasteiger partial charge in [0.1, 0.15) is 11.4 Å². The Hall–Kier alpha value is -2.34. The predicted molar refractivity (Wildman–Crippen MR) is 103 cm³/mol. The fourth-order valence-electron chi connectivity index (χ4n) is 2.87. The molecule has 2 amide bonds. The molecule has 3 rings (SSSR count). The lowest BCUT2D eigenvalue weighted by atomic mass is 10.1. The summed E-state index contributed by atoms with van der Waals surface area (Å²) in [6.07, 6.45) is 0. The smallest absolute Gasteiger partial charge is 0.264 e. The summed E-state index contributed by atoms with van der Waals surface area (Å²) in [5, 5.41) is 1.90. The third kappa shape index (κ3) is 4.43. The van der Waals surface area contributed by atoms with E-state index in [1.54, 1.807) is 17.0 Å². The van der Waals surface area contributed by atoms with Gasteiger partial charge in [0.25, 0.3) is 11.8 Å². The zero-order valence-electron chi connectivity index (χ0n) is 15.4. The number of amides is 2. The molecule has 5 nitrogen and oxygen atoms in total. The van der Waals surface area contributed by atoms with Gasteiger partial charge in [-0.25, -0.2) is 0 Å². The van der Waals surface area contributed by atoms with Crippen LogP contribution in [-0.4, -0.2) is 53.4 Å². The Morgan fingerprint density at radius 3 is 2.00 bits per heavy atom. The van der Waals surface area contributed by atoms with Crippen LogP contribution >= 0.6 is 11.3 Å². The summed E-state index contributed by atoms with van der Waals surface area (Å²) in [6.45, 7) is 8.20. The molecule has 0 aliphatic carbocycles. The molecule has 1 fully saturated rings. The summed E-state index contributed by atoms with van der Waals surface area (Å²) in [7, 11) is 0. The van der Waals surface area contributed by atoms with Crippen LogP contribution in [0, 0.1) is 0 Å². The summed E-state index contributed by atoms with van der Waals surface area (Å²) in [4.78, 5) is 29.4. The van der Waals surface area contributed by atoms with E-state index in [0.717, 1.165) is 10.6 Å². The molecule has 0 atom stereocenters. The van der Waals surface area contributed by atoms with Crippen molar-refractivity contribution in [2.75, 3.05) is 26.2 Å². The zero-order chi connectivity index (χ0) is 18.7. The lowest BCUT2D eigenvalue weighted by Crippen LogP contribution is -2.50. The van der Waals surface area contributed by atoms with E-state index < -0.39 is 0 Å². The zero-order valence-corrected chi connectivity index (χ0v) is 16.2. The van der Waals surface area contributed by atoms with Crippen molar-refractivity contribution < 1.29 is 14.3 Å². The molecule has 0 unspecified atom stereocenters. The standard InChI is InChI=1S/C20H24N2O3S/c1-20(2,3)25-16-8-6-15(7-9-16)18(23)21-10-12-22(13-11-21)19(24)17-5-4-14-26-17/h4-9,14H,10-13H2,1-3H3. The predicted octanol–water partition coefficient (Wildman–Crippen LogP) is 3.52. The SMILES string of the molecule is CC(C)(C)Oc1ccc(C(=O)N2CCN(C(=O)c3cccs3)CC2)cc1. The first kappa shape index (κ1) is 18.5. The molecule has 2 heterocycles. The van der Waals surface area contributed by atoms with Gasteiger partial charge in [-0.15, -0.1) is 11.3 Å². The van der Waals surface area contributed by atoms with Crippen LogP contribution < -0.4 is 4.74 Å². The van der Waals surface area contributed by atoms with E-state index >= 15 is 0 Å². The molecule has 2 aromatic rings. The van der Waals surface area contributed by atoms with Gasteiger partial charge >= 0.3 is 0 Å². The largest absolute Gasteiger partial charge is 0.488 e. The Labute approximate surface area is 158 Å². The van der Waals surface area contributed by atoms with Crippen molar-refractivity contribution in [2.45, 2.75) is 26.4 Å². The number of ether oxygens (including phenoxy) is 1. The van der Waals surface area contributed by atoms with Crippen molar-refractivity contribution in [1.82, 2.24) is 9.80 Å². The summed E-state index contributed by atoms with van der Waals surface area (Å²) in [5.74, 6) is 0.798. The Balaban J connectivity index is 1.57. The summed E-state index contributed by atoms with van der Waals surface area (Å²) in [5.41, 5.74) is 0.376. The van der Waals surface area contributed by atoms with Crippen molar-refractivity contribution in [3.8, 4) is 5.75 Å². The minimum atomic E-state index is -0.267. The Morgan fingerprint density at radius 2 is 1.50 bits per heavy atom. The maximum absolute atomic E-state index is 12.7. The van der Waals surface area contributed by atoms with Gasteiger partial charge < -0.3 is 14.5 Å². The number of carbonyl (C=O) groups is 2. The second-order valence-corrected chi connectivity index (χ2v) is 8.25. The van der Waals surface area contributed by atoms with Crippen LogP contribution in [0.4, 0.5) is 0 Å². The number of thiophene rings is 1. The fraction of sp³-hybridized carbons (Fsp3) is 0.400. The van der Waals surface area contributed by atoms with E-state index in [1.165, 1.54) is 11.3 Å². The van der Waals surface area contributed by atoms with Crippen molar-refractivity contribution >= 4 is 23.2 Å². The average Bonchev–Trinajstić information content (AvgIpc) is 3.14. The molecule has 1 aromatic carbocycles. The number of hydrogen-bond donors (Lipinski definition) is 0. The third-order valence-electron chi connectivity index (χ3n) is 4.11. The molecule has 1 aliphatic heterocycles. The number of piperazine rings is 1. The normalized spacial score (nSPS) is 15.0. The van der Waals surface area contributed by atoms with Crippen molar-refractivity contribution in [1.29, 1.82) is 0 Å². The molecule has 1 saturated heterocycles. The van der Waals surface area contributed by atoms with E-state index in [-0.39, 0.29) is 17.4 Å². The maximum atomic E-state index is 12.7. The molecule has 0 N–H and O–H groups in total. The number of nitrogens with zero attached hydrogens (tertiary/aromatic N) is 2. The number of hydrogen-bond acceptors (Lipinski definition) is 4. The van der Waals surface area contributed by atoms with Crippen LogP contribution in [0.5, 0.6) is 5.75 Å². The third-order valence-corrected chi connectivity index (χ3v) is 4.97. The molecule has 1 aromatic heterocycles. The van der Waals surface area contributed by atoms with Crippen molar-refractivity contribution in [2.24, 2.45) is 0 Å². The minimum absolute atomic E-state index is 0.00414. The second-order valence-electron chi connectivity index (χ2n) is 7.30. The summed E-state index contributed by atoms with van der Waals surface area (Å²) < 4.78 is 5.79. The lowest BCUT2D eigenvalue weighted by molar-refractivity contribution is 0.0538. The van der Waals surface area contributed by atoms with Crippen LogP contribution in [0.1, 0.15) is 40.8 Å². The van der Waals surface area contributed by atoms with Gasteiger partial charge in [0.15, 0.2) is 0 Å². The van der Waals surface area contributed by atoms with E-state index in [4.69, 9.17) is 4.74 Å². The molecule has 0 radical (unpaired) electrons. The molecule has 0 bridgehead atoms. The van der Waals surface area contributed by atoms with Crippen LogP contribution in [-0.2, 0) is 0 Å². The number of benzene rings is 1. The van der Waals surface area contributed by atoms with Gasteiger partial charge in [-0.1, -0.05) is 6.07 Å². The Kier molecular flexibility index (Phi) is 5.32. The van der Waals surface area contributed by atoms with Crippen LogP contribution in [0.25, 0.3) is 0 Å². The summed E-state index contributed by atoms with van der Waals surface area (Å²) in [6, 6.07) is 11.0. The van der Waals surface area contributed by atoms with Gasteiger partial charge in [0.05, 0.1) is 4.88 Å². The maximum Gasteiger partial charge on any atom is 0.264 e. The van der Waals surface area contributed by atoms with Crippen molar-refractivity contribution in [3.63, 3.8) is 0 Å². The number of rotatable bonds is 3. The molecule has 138 valence electrons. The van der Waals surface area contributed by atoms with Crippen LogP contribution in [0.15, 0.2) is 41.8 Å². The highest BCUT2D eigenvalue weighted by Crippen LogP contribution is 2.20. The second kappa shape index (κ2) is 7.50. The first-order valence-corrected chi connectivity index (χ1v) is 9.62. The summed E-state index contributed by atoms with van der Waals surface area (Å²) >= 11 is 1.45. The highest BCUT2D eigenvalue weighted by atomic mass is 32.1. The fourth-order valence-corrected chi connectivity index (χ4v) is 3.56. The van der Waals surface area contributed by atoms with Gasteiger partial charge in [0.2, 0.25) is 0 Å². The van der Waals surface area contributed by atoms with Crippen LogP contribution in [0.3, 0.4) is 0 Å². The van der Waals surface area contributed by atoms with Gasteiger partial charge in [-0.05, 0) is 56.5 Å².